The molecule has 1 saturated carbocycles. The third kappa shape index (κ3) is 3.94. The number of ether oxygens (including phenoxy) is 2. The smallest absolute Gasteiger partial charge is 0.342 e. The van der Waals surface area contributed by atoms with Crippen LogP contribution in [0.1, 0.15) is 49.9 Å². The molecule has 1 aliphatic rings. The maximum atomic E-state index is 11.9. The Balaban J connectivity index is 2.10. The summed E-state index contributed by atoms with van der Waals surface area (Å²) in [4.78, 5) is 23.2. The molecule has 0 N–H and O–H groups in total. The first-order chi connectivity index (χ1) is 10.0. The monoisotopic (exact) mass is 288 g/mol. The number of benzene rings is 1. The lowest BCUT2D eigenvalue weighted by molar-refractivity contribution is -0.153. The van der Waals surface area contributed by atoms with Crippen LogP contribution in [-0.2, 0) is 14.3 Å². The fraction of sp³-hybridized carbons (Fsp3) is 0.412. The van der Waals surface area contributed by atoms with Gasteiger partial charge in [0.1, 0.15) is 5.60 Å². The fourth-order valence-electron chi connectivity index (χ4n) is 2.59. The van der Waals surface area contributed by atoms with Crippen LogP contribution < -0.4 is 0 Å². The molecule has 0 aromatic heterocycles. The summed E-state index contributed by atoms with van der Waals surface area (Å²) in [6, 6.07) is 8.81. The molecule has 1 aliphatic carbocycles. The summed E-state index contributed by atoms with van der Waals surface area (Å²) in [6.07, 6.45) is 4.98. The third-order valence-corrected chi connectivity index (χ3v) is 3.72. The molecular formula is C17H20O4. The topological polar surface area (TPSA) is 52.6 Å². The Kier molecular flexibility index (Phi) is 4.78. The summed E-state index contributed by atoms with van der Waals surface area (Å²) in [5.41, 5.74) is 0.689. The highest BCUT2D eigenvalue weighted by Gasteiger charge is 2.35. The Morgan fingerprint density at radius 3 is 2.57 bits per heavy atom. The van der Waals surface area contributed by atoms with Gasteiger partial charge in [-0.3, -0.25) is 4.79 Å². The van der Waals surface area contributed by atoms with Crippen LogP contribution in [0.3, 0.4) is 0 Å². The zero-order valence-electron chi connectivity index (χ0n) is 12.4. The van der Waals surface area contributed by atoms with Crippen molar-refractivity contribution in [2.24, 2.45) is 0 Å². The van der Waals surface area contributed by atoms with Crippen LogP contribution >= 0.6 is 0 Å². The molecule has 0 aliphatic heterocycles. The number of carbonyl (C=O) groups is 2. The number of rotatable bonds is 3. The molecule has 1 aromatic rings. The first kappa shape index (κ1) is 15.3. The molecule has 112 valence electrons. The lowest BCUT2D eigenvalue weighted by atomic mass is 9.82. The lowest BCUT2D eigenvalue weighted by Crippen LogP contribution is -2.36. The molecule has 0 amide bonds. The van der Waals surface area contributed by atoms with E-state index in [1.807, 2.05) is 13.0 Å². The Labute approximate surface area is 124 Å². The zero-order chi connectivity index (χ0) is 15.3. The van der Waals surface area contributed by atoms with Crippen molar-refractivity contribution in [3.63, 3.8) is 0 Å². The van der Waals surface area contributed by atoms with Crippen molar-refractivity contribution < 1.29 is 19.1 Å². The first-order valence-corrected chi connectivity index (χ1v) is 7.16. The Hall–Kier alpha value is -2.10. The van der Waals surface area contributed by atoms with Crippen molar-refractivity contribution in [2.75, 3.05) is 0 Å². The van der Waals surface area contributed by atoms with E-state index in [0.717, 1.165) is 31.3 Å². The Morgan fingerprint density at radius 1 is 1.19 bits per heavy atom. The van der Waals surface area contributed by atoms with Crippen molar-refractivity contribution in [3.05, 3.63) is 47.7 Å². The van der Waals surface area contributed by atoms with E-state index >= 15 is 0 Å². The second kappa shape index (κ2) is 6.57. The van der Waals surface area contributed by atoms with E-state index in [9.17, 15) is 9.59 Å². The van der Waals surface area contributed by atoms with Crippen LogP contribution in [-0.4, -0.2) is 17.5 Å². The van der Waals surface area contributed by atoms with Gasteiger partial charge < -0.3 is 9.47 Å². The van der Waals surface area contributed by atoms with E-state index in [4.69, 9.17) is 9.47 Å². The van der Waals surface area contributed by atoms with Crippen molar-refractivity contribution >= 4 is 11.9 Å². The van der Waals surface area contributed by atoms with Crippen molar-refractivity contribution in [3.8, 4) is 0 Å². The molecule has 1 aromatic carbocycles. The molecule has 0 spiro atoms. The average Bonchev–Trinajstić information content (AvgIpc) is 2.46. The van der Waals surface area contributed by atoms with Gasteiger partial charge in [-0.2, -0.15) is 0 Å². The van der Waals surface area contributed by atoms with E-state index in [-0.39, 0.29) is 5.97 Å². The predicted molar refractivity (Wildman–Crippen MR) is 78.6 cm³/mol. The maximum absolute atomic E-state index is 11.9. The van der Waals surface area contributed by atoms with Crippen LogP contribution in [0.5, 0.6) is 0 Å². The molecular weight excluding hydrogens is 268 g/mol. The second-order valence-electron chi connectivity index (χ2n) is 5.45. The summed E-state index contributed by atoms with van der Waals surface area (Å²) < 4.78 is 10.7. The van der Waals surface area contributed by atoms with Gasteiger partial charge in [-0.05, 0) is 44.7 Å². The summed E-state index contributed by atoms with van der Waals surface area (Å²) in [7, 11) is 0. The lowest BCUT2D eigenvalue weighted by Gasteiger charge is -2.35. The van der Waals surface area contributed by atoms with Crippen molar-refractivity contribution in [1.29, 1.82) is 0 Å². The van der Waals surface area contributed by atoms with Crippen LogP contribution in [0.4, 0.5) is 0 Å². The summed E-state index contributed by atoms with van der Waals surface area (Å²) in [5, 5.41) is 0. The number of hydrogen-bond donors (Lipinski definition) is 0. The van der Waals surface area contributed by atoms with E-state index in [1.165, 1.54) is 13.2 Å². The van der Waals surface area contributed by atoms with Gasteiger partial charge in [0.15, 0.2) is 0 Å². The average molecular weight is 288 g/mol. The minimum atomic E-state index is -0.666. The van der Waals surface area contributed by atoms with E-state index in [1.54, 1.807) is 24.3 Å². The zero-order valence-corrected chi connectivity index (χ0v) is 12.4. The molecule has 4 nitrogen and oxygen atoms in total. The van der Waals surface area contributed by atoms with Crippen LogP contribution in [0.25, 0.3) is 0 Å². The number of carbonyl (C=O) groups excluding carboxylic acids is 2. The predicted octanol–water partition coefficient (Wildman–Crippen LogP) is 3.62. The van der Waals surface area contributed by atoms with Gasteiger partial charge in [0.2, 0.25) is 0 Å². The maximum Gasteiger partial charge on any atom is 0.342 e. The van der Waals surface area contributed by atoms with Gasteiger partial charge in [0, 0.05) is 12.5 Å². The van der Waals surface area contributed by atoms with Crippen LogP contribution in [0.15, 0.2) is 42.2 Å². The van der Waals surface area contributed by atoms with E-state index in [0.29, 0.717) is 5.56 Å². The molecule has 1 fully saturated rings. The normalized spacial score (nSPS) is 23.6. The highest BCUT2D eigenvalue weighted by Crippen LogP contribution is 2.36. The quantitative estimate of drug-likeness (QED) is 0.629. The summed E-state index contributed by atoms with van der Waals surface area (Å²) in [6.45, 7) is 3.27. The van der Waals surface area contributed by atoms with E-state index < -0.39 is 11.6 Å². The van der Waals surface area contributed by atoms with Crippen molar-refractivity contribution in [2.45, 2.75) is 45.1 Å². The van der Waals surface area contributed by atoms with Gasteiger partial charge in [0.25, 0.3) is 0 Å². The summed E-state index contributed by atoms with van der Waals surface area (Å²) >= 11 is 0. The molecule has 4 heteroatoms. The fourth-order valence-corrected chi connectivity index (χ4v) is 2.59. The highest BCUT2D eigenvalue weighted by atomic mass is 16.6. The van der Waals surface area contributed by atoms with Gasteiger partial charge in [-0.15, -0.1) is 0 Å². The number of hydrogen-bond acceptors (Lipinski definition) is 4. The number of esters is 2. The SMILES string of the molecule is CC(=O)OC1(C)CCCCC1=COC(=O)c1ccccc1. The second-order valence-corrected chi connectivity index (χ2v) is 5.45. The molecule has 1 unspecified atom stereocenters. The molecule has 0 saturated heterocycles. The third-order valence-electron chi connectivity index (χ3n) is 3.72. The molecule has 0 bridgehead atoms. The van der Waals surface area contributed by atoms with E-state index in [2.05, 4.69) is 0 Å². The Bertz CT molecular complexity index is 547. The summed E-state index contributed by atoms with van der Waals surface area (Å²) in [5.74, 6) is -0.724. The molecule has 0 heterocycles. The van der Waals surface area contributed by atoms with Gasteiger partial charge >= 0.3 is 11.9 Å². The largest absolute Gasteiger partial charge is 0.455 e. The minimum Gasteiger partial charge on any atom is -0.455 e. The van der Waals surface area contributed by atoms with Gasteiger partial charge in [0.05, 0.1) is 11.8 Å². The molecule has 21 heavy (non-hydrogen) atoms. The van der Waals surface area contributed by atoms with Gasteiger partial charge in [-0.1, -0.05) is 18.2 Å². The van der Waals surface area contributed by atoms with Gasteiger partial charge in [-0.25, -0.2) is 4.79 Å². The minimum absolute atomic E-state index is 0.320. The first-order valence-electron chi connectivity index (χ1n) is 7.16. The Morgan fingerprint density at radius 2 is 1.90 bits per heavy atom. The molecule has 0 radical (unpaired) electrons. The van der Waals surface area contributed by atoms with Crippen LogP contribution in [0, 0.1) is 0 Å². The van der Waals surface area contributed by atoms with Crippen molar-refractivity contribution in [1.82, 2.24) is 0 Å². The highest BCUT2D eigenvalue weighted by molar-refractivity contribution is 5.89. The van der Waals surface area contributed by atoms with Crippen LogP contribution in [0.2, 0.25) is 0 Å². The molecule has 1 atom stereocenters. The molecule has 2 rings (SSSR count). The standard InChI is InChI=1S/C17H20O4/c1-13(18)21-17(2)11-7-6-10-15(17)12-20-16(19)14-8-4-3-5-9-14/h3-5,8-9,12H,6-7,10-11H2,1-2H3.